The Morgan fingerprint density at radius 2 is 1.80 bits per heavy atom. The fourth-order valence-corrected chi connectivity index (χ4v) is 4.29. The van der Waals surface area contributed by atoms with Crippen LogP contribution in [0.2, 0.25) is 0 Å². The van der Waals surface area contributed by atoms with Gasteiger partial charge >= 0.3 is 5.97 Å². The third-order valence-electron chi connectivity index (χ3n) is 4.99. The van der Waals surface area contributed by atoms with Crippen molar-refractivity contribution >= 4 is 21.7 Å². The number of rotatable bonds is 8. The van der Waals surface area contributed by atoms with Gasteiger partial charge in [-0.05, 0) is 55.7 Å². The van der Waals surface area contributed by atoms with Crippen LogP contribution < -0.4 is 9.64 Å². The Morgan fingerprint density at radius 3 is 2.47 bits per heavy atom. The van der Waals surface area contributed by atoms with Crippen LogP contribution in [0.4, 0.5) is 5.69 Å². The molecule has 0 aliphatic carbocycles. The lowest BCUT2D eigenvalue weighted by Gasteiger charge is -2.22. The largest absolute Gasteiger partial charge is 0.490 e. The molecule has 3 rings (SSSR count). The number of carbonyl (C=O) groups is 1. The molecule has 1 fully saturated rings. The van der Waals surface area contributed by atoms with Gasteiger partial charge in [0.25, 0.3) is 0 Å². The normalized spacial score (nSPS) is 14.2. The van der Waals surface area contributed by atoms with Gasteiger partial charge in [0, 0.05) is 27.2 Å². The average molecular weight is 433 g/mol. The second kappa shape index (κ2) is 9.49. The van der Waals surface area contributed by atoms with Gasteiger partial charge in [0.05, 0.1) is 16.1 Å². The number of hydrogen-bond donors (Lipinski definition) is 0. The van der Waals surface area contributed by atoms with E-state index in [1.807, 2.05) is 31.2 Å². The van der Waals surface area contributed by atoms with Crippen molar-refractivity contribution in [2.24, 2.45) is 0 Å². The molecule has 0 unspecified atom stereocenters. The van der Waals surface area contributed by atoms with Gasteiger partial charge in [0.15, 0.2) is 0 Å². The summed E-state index contributed by atoms with van der Waals surface area (Å²) in [6.45, 7) is 3.91. The Hall–Kier alpha value is -2.58. The number of sulfonamides is 1. The summed E-state index contributed by atoms with van der Waals surface area (Å²) >= 11 is 0. The minimum Gasteiger partial charge on any atom is -0.490 e. The summed E-state index contributed by atoms with van der Waals surface area (Å²) < 4.78 is 37.2. The molecule has 0 N–H and O–H groups in total. The van der Waals surface area contributed by atoms with E-state index in [9.17, 15) is 13.2 Å². The summed E-state index contributed by atoms with van der Waals surface area (Å²) in [4.78, 5) is 15.0. The van der Waals surface area contributed by atoms with Crippen LogP contribution in [-0.2, 0) is 14.8 Å². The number of hydrogen-bond acceptors (Lipinski definition) is 6. The number of anilines is 1. The van der Waals surface area contributed by atoms with Crippen molar-refractivity contribution < 1.29 is 22.7 Å². The Morgan fingerprint density at radius 1 is 1.07 bits per heavy atom. The Labute approximate surface area is 178 Å². The minimum atomic E-state index is -3.66. The fourth-order valence-electron chi connectivity index (χ4n) is 3.36. The van der Waals surface area contributed by atoms with Crippen LogP contribution in [0.1, 0.15) is 28.8 Å². The molecule has 1 aliphatic heterocycles. The van der Waals surface area contributed by atoms with Crippen molar-refractivity contribution in [1.29, 1.82) is 0 Å². The van der Waals surface area contributed by atoms with Crippen LogP contribution in [0.3, 0.4) is 0 Å². The van der Waals surface area contributed by atoms with Gasteiger partial charge in [-0.1, -0.05) is 12.1 Å². The molecular weight excluding hydrogens is 404 g/mol. The summed E-state index contributed by atoms with van der Waals surface area (Å²) in [5, 5.41) is 0. The van der Waals surface area contributed by atoms with Gasteiger partial charge < -0.3 is 14.4 Å². The summed E-state index contributed by atoms with van der Waals surface area (Å²) in [6.07, 6.45) is 2.08. The van der Waals surface area contributed by atoms with Gasteiger partial charge in [-0.3, -0.25) is 0 Å². The van der Waals surface area contributed by atoms with Crippen LogP contribution >= 0.6 is 0 Å². The number of benzene rings is 2. The number of esters is 1. The van der Waals surface area contributed by atoms with E-state index in [0.29, 0.717) is 11.4 Å². The van der Waals surface area contributed by atoms with Gasteiger partial charge in [-0.25, -0.2) is 17.5 Å². The van der Waals surface area contributed by atoms with Crippen LogP contribution in [0, 0.1) is 6.92 Å². The number of aryl methyl sites for hydroxylation is 1. The lowest BCUT2D eigenvalue weighted by Crippen LogP contribution is -2.25. The van der Waals surface area contributed by atoms with E-state index in [1.54, 1.807) is 12.1 Å². The third-order valence-corrected chi connectivity index (χ3v) is 6.80. The van der Waals surface area contributed by atoms with Crippen molar-refractivity contribution in [3.05, 3.63) is 53.6 Å². The Kier molecular flexibility index (Phi) is 6.99. The molecule has 2 aromatic rings. The van der Waals surface area contributed by atoms with Crippen molar-refractivity contribution in [3.8, 4) is 5.75 Å². The lowest BCUT2D eigenvalue weighted by molar-refractivity contribution is 0.0451. The Balaban J connectivity index is 1.74. The maximum absolute atomic E-state index is 12.8. The molecule has 1 saturated heterocycles. The lowest BCUT2D eigenvalue weighted by atomic mass is 10.1. The topological polar surface area (TPSA) is 76.1 Å². The number of nitrogens with zero attached hydrogens (tertiary/aromatic N) is 2. The molecule has 0 amide bonds. The highest BCUT2D eigenvalue weighted by Crippen LogP contribution is 2.28. The predicted octanol–water partition coefficient (Wildman–Crippen LogP) is 3.08. The molecule has 0 bridgehead atoms. The average Bonchev–Trinajstić information content (AvgIpc) is 3.25. The van der Waals surface area contributed by atoms with Gasteiger partial charge in [0.1, 0.15) is 19.0 Å². The fraction of sp³-hybridized carbons (Fsp3) is 0.409. The van der Waals surface area contributed by atoms with E-state index in [0.717, 1.165) is 35.8 Å². The molecule has 1 heterocycles. The van der Waals surface area contributed by atoms with Crippen LogP contribution in [0.5, 0.6) is 5.75 Å². The van der Waals surface area contributed by atoms with Crippen LogP contribution in [0.15, 0.2) is 47.4 Å². The van der Waals surface area contributed by atoms with E-state index in [2.05, 4.69) is 4.90 Å². The quantitative estimate of drug-likeness (QED) is 0.471. The Bertz CT molecular complexity index is 998. The second-order valence-electron chi connectivity index (χ2n) is 7.46. The van der Waals surface area contributed by atoms with E-state index in [1.165, 1.54) is 20.2 Å². The zero-order chi connectivity index (χ0) is 21.7. The van der Waals surface area contributed by atoms with Crippen LogP contribution in [-0.4, -0.2) is 59.1 Å². The van der Waals surface area contributed by atoms with Crippen molar-refractivity contribution in [3.63, 3.8) is 0 Å². The van der Waals surface area contributed by atoms with Gasteiger partial charge in [-0.2, -0.15) is 0 Å². The molecule has 30 heavy (non-hydrogen) atoms. The SMILES string of the molecule is Cc1cccc(OCCOC(=O)c2cc(S(=O)(=O)N(C)C)ccc2N2CCCC2)c1. The van der Waals surface area contributed by atoms with Gasteiger partial charge in [-0.15, -0.1) is 0 Å². The minimum absolute atomic E-state index is 0.0663. The molecular formula is C22H28N2O5S. The predicted molar refractivity (Wildman–Crippen MR) is 116 cm³/mol. The van der Waals surface area contributed by atoms with E-state index in [4.69, 9.17) is 9.47 Å². The summed E-state index contributed by atoms with van der Waals surface area (Å²) in [7, 11) is -0.731. The highest BCUT2D eigenvalue weighted by molar-refractivity contribution is 7.89. The molecule has 0 atom stereocenters. The number of ether oxygens (including phenoxy) is 2. The first-order valence-corrected chi connectivity index (χ1v) is 11.4. The van der Waals surface area contributed by atoms with Crippen molar-refractivity contribution in [1.82, 2.24) is 4.31 Å². The number of carbonyl (C=O) groups excluding carboxylic acids is 1. The zero-order valence-electron chi connectivity index (χ0n) is 17.6. The molecule has 162 valence electrons. The molecule has 0 aromatic heterocycles. The molecule has 0 saturated carbocycles. The van der Waals surface area contributed by atoms with Crippen molar-refractivity contribution in [2.75, 3.05) is 45.3 Å². The van der Waals surface area contributed by atoms with Crippen molar-refractivity contribution in [2.45, 2.75) is 24.7 Å². The summed E-state index contributed by atoms with van der Waals surface area (Å²) in [5.41, 5.74) is 2.05. The van der Waals surface area contributed by atoms with Crippen LogP contribution in [0.25, 0.3) is 0 Å². The highest BCUT2D eigenvalue weighted by Gasteiger charge is 2.25. The molecule has 0 spiro atoms. The first-order chi connectivity index (χ1) is 14.3. The maximum atomic E-state index is 12.8. The van der Waals surface area contributed by atoms with E-state index >= 15 is 0 Å². The monoisotopic (exact) mass is 432 g/mol. The molecule has 1 aliphatic rings. The van der Waals surface area contributed by atoms with Gasteiger partial charge in [0.2, 0.25) is 10.0 Å². The smallest absolute Gasteiger partial charge is 0.340 e. The summed E-state index contributed by atoms with van der Waals surface area (Å²) in [6, 6.07) is 12.3. The summed E-state index contributed by atoms with van der Waals surface area (Å²) in [5.74, 6) is 0.156. The van der Waals surface area contributed by atoms with E-state index < -0.39 is 16.0 Å². The first-order valence-electron chi connectivity index (χ1n) is 9.97. The highest BCUT2D eigenvalue weighted by atomic mass is 32.2. The second-order valence-corrected chi connectivity index (χ2v) is 9.61. The molecule has 8 heteroatoms. The maximum Gasteiger partial charge on any atom is 0.340 e. The zero-order valence-corrected chi connectivity index (χ0v) is 18.4. The standard InChI is InChI=1S/C22H28N2O5S/c1-17-7-6-8-18(15-17)28-13-14-29-22(25)20-16-19(30(26,27)23(2)3)9-10-21(20)24-11-4-5-12-24/h6-10,15-16H,4-5,11-14H2,1-3H3. The third kappa shape index (κ3) is 5.12. The van der Waals surface area contributed by atoms with E-state index in [-0.39, 0.29) is 23.7 Å². The molecule has 7 nitrogen and oxygen atoms in total. The molecule has 2 aromatic carbocycles. The first kappa shape index (κ1) is 22.1. The molecule has 0 radical (unpaired) electrons.